The Morgan fingerprint density at radius 3 is 2.38 bits per heavy atom. The van der Waals surface area contributed by atoms with Gasteiger partial charge in [0.2, 0.25) is 0 Å². The summed E-state index contributed by atoms with van der Waals surface area (Å²) in [4.78, 5) is 3.25. The lowest BCUT2D eigenvalue weighted by molar-refractivity contribution is -0.154. The Morgan fingerprint density at radius 1 is 1.38 bits per heavy atom. The number of hydrogen-bond acceptors (Lipinski definition) is 2. The highest BCUT2D eigenvalue weighted by Gasteiger charge is 2.29. The van der Waals surface area contributed by atoms with E-state index in [9.17, 15) is 17.6 Å². The van der Waals surface area contributed by atoms with Crippen LogP contribution in [0.1, 0.15) is 13.8 Å². The van der Waals surface area contributed by atoms with Crippen LogP contribution in [0, 0.1) is 5.82 Å². The van der Waals surface area contributed by atoms with E-state index in [1.807, 2.05) is 13.8 Å². The van der Waals surface area contributed by atoms with Crippen molar-refractivity contribution in [1.82, 2.24) is 4.98 Å². The summed E-state index contributed by atoms with van der Waals surface area (Å²) in [5.41, 5.74) is 0. The lowest BCUT2D eigenvalue weighted by atomic mass is 10.4. The van der Waals surface area contributed by atoms with Gasteiger partial charge in [-0.05, 0) is 6.07 Å². The maximum Gasteiger partial charge on any atom is 0.422 e. The van der Waals surface area contributed by atoms with Gasteiger partial charge in [0.05, 0.1) is 5.02 Å². The zero-order valence-corrected chi connectivity index (χ0v) is 9.36. The van der Waals surface area contributed by atoms with Gasteiger partial charge in [0.15, 0.2) is 12.4 Å². The van der Waals surface area contributed by atoms with Crippen LogP contribution in [0.15, 0.2) is 12.3 Å². The molecular formula is C9H10ClF4NO. The highest BCUT2D eigenvalue weighted by molar-refractivity contribution is 6.30. The minimum absolute atomic E-state index is 0.0122. The normalized spacial score (nSPS) is 10.4. The number of rotatable bonds is 2. The van der Waals surface area contributed by atoms with Gasteiger partial charge in [0, 0.05) is 6.20 Å². The molecule has 0 saturated carbocycles. The first kappa shape index (κ1) is 15.0. The number of alkyl halides is 3. The second kappa shape index (κ2) is 6.52. The van der Waals surface area contributed by atoms with Crippen molar-refractivity contribution in [3.05, 3.63) is 23.1 Å². The van der Waals surface area contributed by atoms with Crippen LogP contribution >= 0.6 is 11.6 Å². The molecule has 92 valence electrons. The molecule has 0 aliphatic carbocycles. The van der Waals surface area contributed by atoms with Crippen LogP contribution in [-0.2, 0) is 0 Å². The van der Waals surface area contributed by atoms with Gasteiger partial charge in [0.1, 0.15) is 0 Å². The fourth-order valence-electron chi connectivity index (χ4n) is 0.658. The summed E-state index contributed by atoms with van der Waals surface area (Å²) in [6.45, 7) is 2.42. The Kier molecular flexibility index (Phi) is 6.10. The quantitative estimate of drug-likeness (QED) is 0.753. The highest BCUT2D eigenvalue weighted by atomic mass is 35.5. The third-order valence-corrected chi connectivity index (χ3v) is 1.35. The molecule has 0 N–H and O–H groups in total. The van der Waals surface area contributed by atoms with Crippen molar-refractivity contribution < 1.29 is 22.3 Å². The van der Waals surface area contributed by atoms with Crippen molar-refractivity contribution in [1.29, 1.82) is 0 Å². The Morgan fingerprint density at radius 2 is 1.94 bits per heavy atom. The largest absolute Gasteiger partial charge is 0.466 e. The summed E-state index contributed by atoms with van der Waals surface area (Å²) in [5, 5.41) is -0.0122. The van der Waals surface area contributed by atoms with Crippen LogP contribution in [0.2, 0.25) is 5.02 Å². The number of ether oxygens (including phenoxy) is 1. The first-order valence-electron chi connectivity index (χ1n) is 4.39. The van der Waals surface area contributed by atoms with E-state index in [0.29, 0.717) is 0 Å². The van der Waals surface area contributed by atoms with Crippen LogP contribution in [0.4, 0.5) is 17.6 Å². The molecule has 0 radical (unpaired) electrons. The summed E-state index contributed by atoms with van der Waals surface area (Å²) in [6, 6.07) is 0.820. The SMILES string of the molecule is CC.Fc1cc(Cl)cnc1OCC(F)(F)F. The minimum Gasteiger partial charge on any atom is -0.466 e. The molecule has 0 aromatic carbocycles. The van der Waals surface area contributed by atoms with Gasteiger partial charge in [-0.2, -0.15) is 13.2 Å². The van der Waals surface area contributed by atoms with Crippen LogP contribution in [0.5, 0.6) is 5.88 Å². The molecule has 0 aliphatic heterocycles. The van der Waals surface area contributed by atoms with E-state index in [1.54, 1.807) is 0 Å². The molecule has 7 heteroatoms. The van der Waals surface area contributed by atoms with Gasteiger partial charge >= 0.3 is 6.18 Å². The molecule has 2 nitrogen and oxygen atoms in total. The summed E-state index contributed by atoms with van der Waals surface area (Å²) in [5.74, 6) is -1.74. The molecule has 0 fully saturated rings. The van der Waals surface area contributed by atoms with Crippen molar-refractivity contribution in [2.45, 2.75) is 20.0 Å². The van der Waals surface area contributed by atoms with Crippen LogP contribution in [0.25, 0.3) is 0 Å². The summed E-state index contributed by atoms with van der Waals surface area (Å²) in [7, 11) is 0. The average molecular weight is 260 g/mol. The molecule has 0 aliphatic rings. The number of halogens is 5. The molecule has 0 spiro atoms. The van der Waals surface area contributed by atoms with Crippen molar-refractivity contribution in [2.75, 3.05) is 6.61 Å². The van der Waals surface area contributed by atoms with E-state index in [-0.39, 0.29) is 5.02 Å². The average Bonchev–Trinajstić information content (AvgIpc) is 2.18. The van der Waals surface area contributed by atoms with Crippen molar-refractivity contribution in [3.63, 3.8) is 0 Å². The van der Waals surface area contributed by atoms with Crippen LogP contribution in [0.3, 0.4) is 0 Å². The molecule has 0 unspecified atom stereocenters. The molecule has 1 aromatic heterocycles. The zero-order valence-electron chi connectivity index (χ0n) is 8.61. The van der Waals surface area contributed by atoms with Gasteiger partial charge in [-0.25, -0.2) is 9.37 Å². The fourth-order valence-corrected chi connectivity index (χ4v) is 0.803. The summed E-state index contributed by atoms with van der Waals surface area (Å²) in [6.07, 6.45) is -3.52. The monoisotopic (exact) mass is 259 g/mol. The fraction of sp³-hybridized carbons (Fsp3) is 0.444. The molecule has 16 heavy (non-hydrogen) atoms. The maximum absolute atomic E-state index is 12.8. The Hall–Kier alpha value is -1.04. The zero-order chi connectivity index (χ0) is 12.8. The van der Waals surface area contributed by atoms with E-state index in [0.717, 1.165) is 12.3 Å². The smallest absolute Gasteiger partial charge is 0.422 e. The molecule has 0 saturated heterocycles. The lowest BCUT2D eigenvalue weighted by Gasteiger charge is -2.08. The highest BCUT2D eigenvalue weighted by Crippen LogP contribution is 2.20. The predicted molar refractivity (Wildman–Crippen MR) is 52.1 cm³/mol. The standard InChI is InChI=1S/C7H4ClF4NO.C2H6/c8-4-1-5(9)6(13-2-4)14-3-7(10,11)12;1-2/h1-2H,3H2;1-2H3. The van der Waals surface area contributed by atoms with Crippen LogP contribution in [-0.4, -0.2) is 17.8 Å². The molecular weight excluding hydrogens is 250 g/mol. The number of hydrogen-bond donors (Lipinski definition) is 0. The number of aromatic nitrogens is 1. The number of nitrogens with zero attached hydrogens (tertiary/aromatic N) is 1. The van der Waals surface area contributed by atoms with Crippen LogP contribution < -0.4 is 4.74 Å². The van der Waals surface area contributed by atoms with Gasteiger partial charge in [-0.3, -0.25) is 0 Å². The lowest BCUT2D eigenvalue weighted by Crippen LogP contribution is -2.20. The van der Waals surface area contributed by atoms with E-state index in [2.05, 4.69) is 9.72 Å². The van der Waals surface area contributed by atoms with E-state index < -0.39 is 24.5 Å². The van der Waals surface area contributed by atoms with Crippen molar-refractivity contribution in [3.8, 4) is 5.88 Å². The van der Waals surface area contributed by atoms with Gasteiger partial charge in [-0.1, -0.05) is 25.4 Å². The minimum atomic E-state index is -4.52. The first-order chi connectivity index (χ1) is 7.38. The Bertz CT molecular complexity index is 330. The Labute approximate surface area is 95.2 Å². The van der Waals surface area contributed by atoms with E-state index in [4.69, 9.17) is 11.6 Å². The van der Waals surface area contributed by atoms with Crippen molar-refractivity contribution in [2.24, 2.45) is 0 Å². The molecule has 0 amide bonds. The maximum atomic E-state index is 12.8. The second-order valence-corrected chi connectivity index (χ2v) is 2.78. The van der Waals surface area contributed by atoms with E-state index in [1.165, 1.54) is 0 Å². The second-order valence-electron chi connectivity index (χ2n) is 2.34. The molecule has 0 atom stereocenters. The number of pyridine rings is 1. The predicted octanol–water partition coefficient (Wildman–Crippen LogP) is 3.84. The van der Waals surface area contributed by atoms with Crippen molar-refractivity contribution >= 4 is 11.6 Å². The van der Waals surface area contributed by atoms with Gasteiger partial charge in [0.25, 0.3) is 5.88 Å². The molecule has 1 heterocycles. The first-order valence-corrected chi connectivity index (χ1v) is 4.77. The topological polar surface area (TPSA) is 22.1 Å². The molecule has 1 rings (SSSR count). The summed E-state index contributed by atoms with van der Waals surface area (Å²) >= 11 is 5.33. The molecule has 1 aromatic rings. The van der Waals surface area contributed by atoms with Gasteiger partial charge < -0.3 is 4.74 Å². The Balaban J connectivity index is 0.00000106. The molecule has 0 bridgehead atoms. The third kappa shape index (κ3) is 5.75. The van der Waals surface area contributed by atoms with E-state index >= 15 is 0 Å². The summed E-state index contributed by atoms with van der Waals surface area (Å²) < 4.78 is 51.8. The third-order valence-electron chi connectivity index (χ3n) is 1.15. The van der Waals surface area contributed by atoms with Gasteiger partial charge in [-0.15, -0.1) is 0 Å².